The van der Waals surface area contributed by atoms with Crippen LogP contribution in [0, 0.1) is 0 Å². The maximum absolute atomic E-state index is 10.5. The van der Waals surface area contributed by atoms with Crippen LogP contribution in [0.3, 0.4) is 0 Å². The van der Waals surface area contributed by atoms with E-state index >= 15 is 0 Å². The molecular formula is C11H18O2Si. The van der Waals surface area contributed by atoms with Gasteiger partial charge in [0.2, 0.25) is 0 Å². The summed E-state index contributed by atoms with van der Waals surface area (Å²) in [5, 5.41) is 0. The van der Waals surface area contributed by atoms with Gasteiger partial charge in [0.25, 0.3) is 0 Å². The van der Waals surface area contributed by atoms with Crippen LogP contribution in [0.5, 0.6) is 0 Å². The first kappa shape index (κ1) is 12.9. The van der Waals surface area contributed by atoms with Crippen molar-refractivity contribution >= 4 is 14.0 Å². The van der Waals surface area contributed by atoms with E-state index in [4.69, 9.17) is 4.74 Å². The van der Waals surface area contributed by atoms with E-state index in [0.717, 1.165) is 12.5 Å². The predicted octanol–water partition coefficient (Wildman–Crippen LogP) is 2.56. The van der Waals surface area contributed by atoms with Crippen LogP contribution in [0.2, 0.25) is 6.04 Å². The fourth-order valence-electron chi connectivity index (χ4n) is 1.15. The summed E-state index contributed by atoms with van der Waals surface area (Å²) < 4.78 is 4.85. The number of esters is 1. The van der Waals surface area contributed by atoms with Gasteiger partial charge in [-0.05, 0) is 12.5 Å². The molecule has 0 spiro atoms. The van der Waals surface area contributed by atoms with Crippen LogP contribution in [-0.4, -0.2) is 20.7 Å². The summed E-state index contributed by atoms with van der Waals surface area (Å²) >= 11 is 0. The average Bonchev–Trinajstić information content (AvgIpc) is 2.19. The van der Waals surface area contributed by atoms with Crippen molar-refractivity contribution in [2.45, 2.75) is 19.4 Å². The van der Waals surface area contributed by atoms with Crippen LogP contribution in [0.25, 0.3) is 0 Å². The third-order valence-corrected chi connectivity index (χ3v) is 5.70. The second-order valence-electron chi connectivity index (χ2n) is 3.17. The van der Waals surface area contributed by atoms with Gasteiger partial charge in [-0.1, -0.05) is 17.1 Å². The lowest BCUT2D eigenvalue weighted by Crippen LogP contribution is -2.26. The molecule has 0 amide bonds. The molecule has 2 nitrogen and oxygen atoms in total. The molecule has 0 aliphatic rings. The fourth-order valence-corrected chi connectivity index (χ4v) is 3.02. The van der Waals surface area contributed by atoms with Crippen molar-refractivity contribution in [2.24, 2.45) is 0 Å². The normalized spacial score (nSPS) is 10.4. The summed E-state index contributed by atoms with van der Waals surface area (Å²) in [7, 11) is -1.69. The first-order chi connectivity index (χ1) is 6.60. The molecule has 78 valence electrons. The van der Waals surface area contributed by atoms with E-state index in [1.54, 1.807) is 0 Å². The van der Waals surface area contributed by atoms with Crippen molar-refractivity contribution in [3.63, 3.8) is 0 Å². The highest BCUT2D eigenvalue weighted by Gasteiger charge is 2.20. The Labute approximate surface area is 87.0 Å². The molecule has 0 bridgehead atoms. The van der Waals surface area contributed by atoms with E-state index in [0.29, 0.717) is 6.61 Å². The molecule has 0 aromatic rings. The zero-order valence-electron chi connectivity index (χ0n) is 8.79. The topological polar surface area (TPSA) is 26.3 Å². The maximum atomic E-state index is 10.5. The Morgan fingerprint density at radius 1 is 1.29 bits per heavy atom. The molecule has 0 heterocycles. The summed E-state index contributed by atoms with van der Waals surface area (Å²) in [6.45, 7) is 13.3. The van der Waals surface area contributed by atoms with Crippen LogP contribution < -0.4 is 0 Å². The average molecular weight is 210 g/mol. The second kappa shape index (κ2) is 6.37. The number of carbonyl (C=O) groups excluding carboxylic acids is 1. The van der Waals surface area contributed by atoms with E-state index in [2.05, 4.69) is 19.7 Å². The van der Waals surface area contributed by atoms with Gasteiger partial charge in [0.1, 0.15) is 8.07 Å². The molecule has 0 saturated carbocycles. The Balaban J connectivity index is 3.95. The Bertz CT molecular complexity index is 212. The zero-order chi connectivity index (χ0) is 11.0. The van der Waals surface area contributed by atoms with Gasteiger partial charge in [0.05, 0.1) is 6.61 Å². The highest BCUT2D eigenvalue weighted by Crippen LogP contribution is 2.16. The van der Waals surface area contributed by atoms with Crippen LogP contribution in [0.15, 0.2) is 36.8 Å². The smallest absolute Gasteiger partial charge is 0.302 e. The fraction of sp³-hybridized carbons (Fsp3) is 0.364. The lowest BCUT2D eigenvalue weighted by Gasteiger charge is -2.18. The van der Waals surface area contributed by atoms with Gasteiger partial charge >= 0.3 is 5.97 Å². The molecule has 0 aliphatic carbocycles. The summed E-state index contributed by atoms with van der Waals surface area (Å²) in [6, 6.07) is 0.955. The summed E-state index contributed by atoms with van der Waals surface area (Å²) in [4.78, 5) is 10.5. The predicted molar refractivity (Wildman–Crippen MR) is 62.4 cm³/mol. The van der Waals surface area contributed by atoms with Gasteiger partial charge in [-0.3, -0.25) is 4.79 Å². The summed E-state index contributed by atoms with van der Waals surface area (Å²) in [5.41, 5.74) is 5.84. The van der Waals surface area contributed by atoms with Crippen LogP contribution in [0.4, 0.5) is 0 Å². The lowest BCUT2D eigenvalue weighted by molar-refractivity contribution is -0.140. The number of carbonyl (C=O) groups is 1. The molecule has 14 heavy (non-hydrogen) atoms. The molecule has 0 N–H and O–H groups in total. The molecule has 0 aliphatic heterocycles. The monoisotopic (exact) mass is 210 g/mol. The highest BCUT2D eigenvalue weighted by molar-refractivity contribution is 6.93. The largest absolute Gasteiger partial charge is 0.466 e. The second-order valence-corrected chi connectivity index (χ2v) is 7.12. The third kappa shape index (κ3) is 4.23. The van der Waals surface area contributed by atoms with Gasteiger partial charge < -0.3 is 4.74 Å². The molecule has 0 saturated heterocycles. The van der Waals surface area contributed by atoms with Crippen LogP contribution >= 0.6 is 0 Å². The Kier molecular flexibility index (Phi) is 5.88. The molecule has 3 heteroatoms. The molecule has 0 unspecified atom stereocenters. The Hall–Kier alpha value is -1.09. The lowest BCUT2D eigenvalue weighted by atomic mass is 10.5. The molecule has 0 radical (unpaired) electrons. The van der Waals surface area contributed by atoms with Crippen LogP contribution in [0.1, 0.15) is 13.3 Å². The first-order valence-electron chi connectivity index (χ1n) is 4.64. The molecule has 0 fully saturated rings. The van der Waals surface area contributed by atoms with Gasteiger partial charge in [0, 0.05) is 6.92 Å². The number of rotatable bonds is 7. The minimum absolute atomic E-state index is 0.229. The summed E-state index contributed by atoms with van der Waals surface area (Å²) in [5.74, 6) is -0.229. The van der Waals surface area contributed by atoms with Crippen molar-refractivity contribution in [3.05, 3.63) is 36.8 Å². The third-order valence-electron chi connectivity index (χ3n) is 2.20. The SMILES string of the molecule is C=C[Si](C=C)(C=C)CCCOC(C)=O. The number of ether oxygens (including phenoxy) is 1. The minimum atomic E-state index is -1.69. The van der Waals surface area contributed by atoms with Crippen molar-refractivity contribution in [3.8, 4) is 0 Å². The van der Waals surface area contributed by atoms with E-state index in [9.17, 15) is 4.79 Å². The molecule has 0 atom stereocenters. The number of hydrogen-bond acceptors (Lipinski definition) is 2. The standard InChI is InChI=1S/C11H18O2Si/c1-5-14(6-2,7-3)10-8-9-13-11(4)12/h5-7H,1-3,8-10H2,4H3. The molecule has 0 aromatic heterocycles. The first-order valence-corrected chi connectivity index (χ1v) is 7.08. The minimum Gasteiger partial charge on any atom is -0.466 e. The van der Waals surface area contributed by atoms with Crippen molar-refractivity contribution in [1.29, 1.82) is 0 Å². The molecule has 0 aromatic carbocycles. The van der Waals surface area contributed by atoms with Gasteiger partial charge in [-0.15, -0.1) is 19.7 Å². The number of hydrogen-bond donors (Lipinski definition) is 0. The summed E-state index contributed by atoms with van der Waals surface area (Å²) in [6.07, 6.45) is 0.843. The van der Waals surface area contributed by atoms with E-state index in [-0.39, 0.29) is 5.97 Å². The van der Waals surface area contributed by atoms with E-state index in [1.165, 1.54) is 6.92 Å². The van der Waals surface area contributed by atoms with Gasteiger partial charge in [-0.2, -0.15) is 0 Å². The maximum Gasteiger partial charge on any atom is 0.302 e. The quantitative estimate of drug-likeness (QED) is 0.367. The molecule has 0 rings (SSSR count). The zero-order valence-corrected chi connectivity index (χ0v) is 9.79. The van der Waals surface area contributed by atoms with E-state index in [1.807, 2.05) is 17.1 Å². The van der Waals surface area contributed by atoms with Gasteiger partial charge in [-0.25, -0.2) is 0 Å². The van der Waals surface area contributed by atoms with Crippen molar-refractivity contribution in [1.82, 2.24) is 0 Å². The van der Waals surface area contributed by atoms with Crippen LogP contribution in [-0.2, 0) is 9.53 Å². The Morgan fingerprint density at radius 3 is 2.14 bits per heavy atom. The van der Waals surface area contributed by atoms with Gasteiger partial charge in [0.15, 0.2) is 0 Å². The van der Waals surface area contributed by atoms with Crippen molar-refractivity contribution < 1.29 is 9.53 Å². The van der Waals surface area contributed by atoms with Crippen molar-refractivity contribution in [2.75, 3.05) is 6.61 Å². The van der Waals surface area contributed by atoms with E-state index < -0.39 is 8.07 Å². The molecular weight excluding hydrogens is 192 g/mol. The Morgan fingerprint density at radius 2 is 1.79 bits per heavy atom. The highest BCUT2D eigenvalue weighted by atomic mass is 28.3.